The average Bonchev–Trinajstić information content (AvgIpc) is 2.32. The lowest BCUT2D eigenvalue weighted by molar-refractivity contribution is -0.0900. The second kappa shape index (κ2) is 7.20. The number of rotatable bonds is 6. The van der Waals surface area contributed by atoms with E-state index >= 15 is 0 Å². The third-order valence-electron chi connectivity index (χ3n) is 3.35. The van der Waals surface area contributed by atoms with Gasteiger partial charge in [0.2, 0.25) is 0 Å². The summed E-state index contributed by atoms with van der Waals surface area (Å²) in [6.07, 6.45) is 7.22. The molecular formula is C12H24O3. The Labute approximate surface area is 92.4 Å². The fraction of sp³-hybridized carbons (Fsp3) is 1.00. The highest BCUT2D eigenvalue weighted by molar-refractivity contribution is 4.75. The molecule has 1 rings (SSSR count). The van der Waals surface area contributed by atoms with Gasteiger partial charge in [-0.2, -0.15) is 0 Å². The second-order valence-corrected chi connectivity index (χ2v) is 4.47. The Morgan fingerprint density at radius 1 is 1.13 bits per heavy atom. The number of ether oxygens (including phenoxy) is 1. The van der Waals surface area contributed by atoms with Crippen LogP contribution in [-0.2, 0) is 4.74 Å². The van der Waals surface area contributed by atoms with Gasteiger partial charge in [0.1, 0.15) is 6.10 Å². The van der Waals surface area contributed by atoms with E-state index in [1.807, 2.05) is 0 Å². The maximum atomic E-state index is 8.98. The zero-order valence-electron chi connectivity index (χ0n) is 9.69. The van der Waals surface area contributed by atoms with Crippen LogP contribution in [0.1, 0.15) is 45.4 Å². The predicted octanol–water partition coefficient (Wildman–Crippen LogP) is 1.72. The summed E-state index contributed by atoms with van der Waals surface area (Å²) >= 11 is 0. The maximum Gasteiger partial charge on any atom is 0.104 e. The maximum absolute atomic E-state index is 8.98. The molecule has 1 fully saturated rings. The van der Waals surface area contributed by atoms with Crippen molar-refractivity contribution in [2.45, 2.75) is 57.7 Å². The number of hydrogen-bond donors (Lipinski definition) is 2. The lowest BCUT2D eigenvalue weighted by Crippen LogP contribution is -2.33. The molecule has 0 saturated heterocycles. The molecule has 2 N–H and O–H groups in total. The molecule has 0 spiro atoms. The van der Waals surface area contributed by atoms with Crippen molar-refractivity contribution in [2.75, 3.05) is 13.2 Å². The largest absolute Gasteiger partial charge is 0.394 e. The molecule has 0 bridgehead atoms. The molecule has 1 aliphatic carbocycles. The Morgan fingerprint density at radius 2 is 1.73 bits per heavy atom. The van der Waals surface area contributed by atoms with Crippen molar-refractivity contribution in [3.8, 4) is 0 Å². The van der Waals surface area contributed by atoms with Gasteiger partial charge in [-0.1, -0.05) is 26.2 Å². The smallest absolute Gasteiger partial charge is 0.104 e. The minimum atomic E-state index is -0.392. The molecule has 0 aromatic rings. The van der Waals surface area contributed by atoms with Crippen molar-refractivity contribution in [1.82, 2.24) is 0 Å². The van der Waals surface area contributed by atoms with E-state index in [2.05, 4.69) is 6.92 Å². The van der Waals surface area contributed by atoms with Gasteiger partial charge >= 0.3 is 0 Å². The summed E-state index contributed by atoms with van der Waals surface area (Å²) in [6.45, 7) is 1.95. The first-order valence-corrected chi connectivity index (χ1v) is 6.19. The van der Waals surface area contributed by atoms with Gasteiger partial charge in [-0.15, -0.1) is 0 Å². The van der Waals surface area contributed by atoms with E-state index in [-0.39, 0.29) is 19.3 Å². The zero-order valence-corrected chi connectivity index (χ0v) is 9.69. The van der Waals surface area contributed by atoms with Gasteiger partial charge in [0.15, 0.2) is 0 Å². The molecule has 1 saturated carbocycles. The second-order valence-electron chi connectivity index (χ2n) is 4.47. The first kappa shape index (κ1) is 12.9. The average molecular weight is 216 g/mol. The van der Waals surface area contributed by atoms with Crippen molar-refractivity contribution < 1.29 is 14.9 Å². The molecular weight excluding hydrogens is 192 g/mol. The predicted molar refractivity (Wildman–Crippen MR) is 59.7 cm³/mol. The Hall–Kier alpha value is -0.120. The third kappa shape index (κ3) is 4.09. The molecule has 0 radical (unpaired) electrons. The number of aliphatic hydroxyl groups excluding tert-OH is 2. The molecule has 0 heterocycles. The lowest BCUT2D eigenvalue weighted by Gasteiger charge is -2.31. The fourth-order valence-corrected chi connectivity index (χ4v) is 2.44. The molecule has 0 aliphatic heterocycles. The van der Waals surface area contributed by atoms with Crippen LogP contribution in [0.2, 0.25) is 0 Å². The van der Waals surface area contributed by atoms with Gasteiger partial charge in [-0.25, -0.2) is 0 Å². The van der Waals surface area contributed by atoms with E-state index in [0.29, 0.717) is 5.92 Å². The molecule has 90 valence electrons. The lowest BCUT2D eigenvalue weighted by atomic mass is 9.84. The molecule has 0 aromatic heterocycles. The van der Waals surface area contributed by atoms with Crippen LogP contribution in [-0.4, -0.2) is 35.6 Å². The van der Waals surface area contributed by atoms with E-state index < -0.39 is 6.10 Å². The summed E-state index contributed by atoms with van der Waals surface area (Å²) in [5, 5.41) is 18.0. The normalized spacial score (nSPS) is 20.8. The van der Waals surface area contributed by atoms with Crippen LogP contribution >= 0.6 is 0 Å². The van der Waals surface area contributed by atoms with E-state index in [1.165, 1.54) is 32.1 Å². The molecule has 15 heavy (non-hydrogen) atoms. The minimum Gasteiger partial charge on any atom is -0.394 e. The molecule has 0 amide bonds. The summed E-state index contributed by atoms with van der Waals surface area (Å²) in [5.74, 6) is 0.629. The van der Waals surface area contributed by atoms with E-state index in [9.17, 15) is 0 Å². The molecule has 1 unspecified atom stereocenters. The Morgan fingerprint density at radius 3 is 2.20 bits per heavy atom. The van der Waals surface area contributed by atoms with Crippen LogP contribution in [0.5, 0.6) is 0 Å². The first-order valence-electron chi connectivity index (χ1n) is 6.19. The summed E-state index contributed by atoms with van der Waals surface area (Å²) in [5.41, 5.74) is 0. The van der Waals surface area contributed by atoms with E-state index in [4.69, 9.17) is 14.9 Å². The Balaban J connectivity index is 2.38. The summed E-state index contributed by atoms with van der Waals surface area (Å²) in [6, 6.07) is 0. The van der Waals surface area contributed by atoms with Crippen LogP contribution in [0.4, 0.5) is 0 Å². The summed E-state index contributed by atoms with van der Waals surface area (Å²) < 4.78 is 5.74. The van der Waals surface area contributed by atoms with Crippen molar-refractivity contribution in [2.24, 2.45) is 5.92 Å². The van der Waals surface area contributed by atoms with Crippen molar-refractivity contribution >= 4 is 0 Å². The van der Waals surface area contributed by atoms with Crippen LogP contribution in [0, 0.1) is 5.92 Å². The van der Waals surface area contributed by atoms with Crippen LogP contribution in [0.3, 0.4) is 0 Å². The van der Waals surface area contributed by atoms with Crippen LogP contribution in [0.15, 0.2) is 0 Å². The van der Waals surface area contributed by atoms with Crippen LogP contribution < -0.4 is 0 Å². The van der Waals surface area contributed by atoms with Gasteiger partial charge in [0, 0.05) is 0 Å². The monoisotopic (exact) mass is 216 g/mol. The molecule has 3 nitrogen and oxygen atoms in total. The molecule has 3 heteroatoms. The highest BCUT2D eigenvalue weighted by Gasteiger charge is 2.25. The standard InChI is InChI=1S/C12H24O3/c1-2-12(15-11(8-13)9-14)10-6-4-3-5-7-10/h10-14H,2-9H2,1H3. The van der Waals surface area contributed by atoms with Gasteiger partial charge in [0.05, 0.1) is 19.3 Å². The fourth-order valence-electron chi connectivity index (χ4n) is 2.44. The van der Waals surface area contributed by atoms with Crippen molar-refractivity contribution in [1.29, 1.82) is 0 Å². The van der Waals surface area contributed by atoms with Gasteiger partial charge in [-0.05, 0) is 25.2 Å². The number of hydrogen-bond acceptors (Lipinski definition) is 3. The highest BCUT2D eigenvalue weighted by Crippen LogP contribution is 2.29. The zero-order chi connectivity index (χ0) is 11.1. The number of aliphatic hydroxyl groups is 2. The Kier molecular flexibility index (Phi) is 6.22. The third-order valence-corrected chi connectivity index (χ3v) is 3.35. The molecule has 0 aromatic carbocycles. The topological polar surface area (TPSA) is 49.7 Å². The van der Waals surface area contributed by atoms with Gasteiger partial charge < -0.3 is 14.9 Å². The Bertz CT molecular complexity index is 151. The van der Waals surface area contributed by atoms with Gasteiger partial charge in [0.25, 0.3) is 0 Å². The highest BCUT2D eigenvalue weighted by atomic mass is 16.5. The van der Waals surface area contributed by atoms with Gasteiger partial charge in [-0.3, -0.25) is 0 Å². The minimum absolute atomic E-state index is 0.0836. The first-order chi connectivity index (χ1) is 7.31. The quantitative estimate of drug-likeness (QED) is 0.710. The van der Waals surface area contributed by atoms with Crippen molar-refractivity contribution in [3.05, 3.63) is 0 Å². The molecule has 1 aliphatic rings. The SMILES string of the molecule is CCC(OC(CO)CO)C1CCCCC1. The van der Waals surface area contributed by atoms with E-state index in [1.54, 1.807) is 0 Å². The van der Waals surface area contributed by atoms with E-state index in [0.717, 1.165) is 6.42 Å². The van der Waals surface area contributed by atoms with Crippen molar-refractivity contribution in [3.63, 3.8) is 0 Å². The molecule has 1 atom stereocenters. The summed E-state index contributed by atoms with van der Waals surface area (Å²) in [4.78, 5) is 0. The van der Waals surface area contributed by atoms with Crippen LogP contribution in [0.25, 0.3) is 0 Å². The summed E-state index contributed by atoms with van der Waals surface area (Å²) in [7, 11) is 0.